The van der Waals surface area contributed by atoms with E-state index in [1.165, 1.54) is 37.0 Å². The van der Waals surface area contributed by atoms with Crippen molar-refractivity contribution in [2.24, 2.45) is 23.7 Å². The van der Waals surface area contributed by atoms with Gasteiger partial charge in [-0.15, -0.1) is 11.3 Å². The van der Waals surface area contributed by atoms with Gasteiger partial charge in [-0.1, -0.05) is 78.1 Å². The molecule has 0 bridgehead atoms. The molecule has 0 radical (unpaired) electrons. The fraction of sp³-hybridized carbons (Fsp3) is 0.839. The second kappa shape index (κ2) is 17.4. The van der Waals surface area contributed by atoms with E-state index >= 15 is 0 Å². The SMILES string of the molecule is CC(C)C[C@H](O)[C@H](O)[C@H](CC1CCCCC1)NC(=O)[C@@H](CC(=O)N[C@@H](CO)CC1CCCCC1)Cc1cscn1. The lowest BCUT2D eigenvalue weighted by Gasteiger charge is -2.33. The summed E-state index contributed by atoms with van der Waals surface area (Å²) in [5, 5.41) is 39.8. The summed E-state index contributed by atoms with van der Waals surface area (Å²) in [7, 11) is 0. The number of aliphatic hydroxyl groups excluding tert-OH is 3. The zero-order valence-electron chi connectivity index (χ0n) is 24.6. The van der Waals surface area contributed by atoms with Crippen LogP contribution in [0.25, 0.3) is 0 Å². The van der Waals surface area contributed by atoms with E-state index in [0.717, 1.165) is 50.6 Å². The van der Waals surface area contributed by atoms with Crippen LogP contribution in [0.4, 0.5) is 0 Å². The van der Waals surface area contributed by atoms with Crippen LogP contribution in [0.3, 0.4) is 0 Å². The van der Waals surface area contributed by atoms with Gasteiger partial charge in [-0.3, -0.25) is 9.59 Å². The molecule has 1 heterocycles. The van der Waals surface area contributed by atoms with Crippen molar-refractivity contribution in [2.75, 3.05) is 6.61 Å². The van der Waals surface area contributed by atoms with Gasteiger partial charge >= 0.3 is 0 Å². The van der Waals surface area contributed by atoms with Crippen LogP contribution in [0.15, 0.2) is 10.9 Å². The molecular weight excluding hydrogens is 526 g/mol. The van der Waals surface area contributed by atoms with Crippen LogP contribution in [-0.2, 0) is 16.0 Å². The lowest BCUT2D eigenvalue weighted by atomic mass is 9.82. The second-order valence-corrected chi connectivity index (χ2v) is 13.5. The van der Waals surface area contributed by atoms with Crippen molar-refractivity contribution in [2.45, 2.75) is 134 Å². The summed E-state index contributed by atoms with van der Waals surface area (Å²) in [4.78, 5) is 31.2. The third-order valence-electron chi connectivity index (χ3n) is 8.83. The van der Waals surface area contributed by atoms with Crippen LogP contribution in [0.1, 0.15) is 109 Å². The molecule has 0 aliphatic heterocycles. The molecule has 5 N–H and O–H groups in total. The summed E-state index contributed by atoms with van der Waals surface area (Å²) in [5.41, 5.74) is 2.47. The molecule has 2 saturated carbocycles. The van der Waals surface area contributed by atoms with Crippen molar-refractivity contribution in [3.63, 3.8) is 0 Å². The van der Waals surface area contributed by atoms with Crippen molar-refractivity contribution >= 4 is 23.2 Å². The number of rotatable bonds is 16. The van der Waals surface area contributed by atoms with Crippen molar-refractivity contribution in [1.29, 1.82) is 0 Å². The number of aromatic nitrogens is 1. The summed E-state index contributed by atoms with van der Waals surface area (Å²) in [6.07, 6.45) is 11.7. The number of nitrogens with zero attached hydrogens (tertiary/aromatic N) is 1. The first-order valence-corrected chi connectivity index (χ1v) is 16.6. The topological polar surface area (TPSA) is 132 Å². The number of nitrogens with one attached hydrogen (secondary N) is 2. The molecule has 2 aliphatic rings. The Balaban J connectivity index is 1.68. The molecule has 228 valence electrons. The summed E-state index contributed by atoms with van der Waals surface area (Å²) >= 11 is 1.45. The lowest BCUT2D eigenvalue weighted by Crippen LogP contribution is -2.52. The Labute approximate surface area is 244 Å². The van der Waals surface area contributed by atoms with Gasteiger partial charge in [0.25, 0.3) is 0 Å². The van der Waals surface area contributed by atoms with Crippen LogP contribution >= 0.6 is 11.3 Å². The number of carbonyl (C=O) groups is 2. The zero-order valence-corrected chi connectivity index (χ0v) is 25.4. The first-order chi connectivity index (χ1) is 19.2. The molecule has 5 atom stereocenters. The summed E-state index contributed by atoms with van der Waals surface area (Å²) < 4.78 is 0. The van der Waals surface area contributed by atoms with E-state index in [9.17, 15) is 24.9 Å². The van der Waals surface area contributed by atoms with Crippen LogP contribution in [-0.4, -0.2) is 63.0 Å². The minimum Gasteiger partial charge on any atom is -0.394 e. The standard InChI is InChI=1S/C31H53N3O5S/c1-21(2)13-28(36)30(38)27(15-23-11-7-4-8-12-23)34-31(39)24(16-26-19-40-20-32-26)17-29(37)33-25(18-35)14-22-9-5-3-6-10-22/h19-25,27-28,30,35-36,38H,3-18H2,1-2H3,(H,33,37)(H,34,39)/t24-,25-,27+,28+,30-/m1/s1. The van der Waals surface area contributed by atoms with Gasteiger partial charge in [0.1, 0.15) is 6.10 Å². The van der Waals surface area contributed by atoms with Gasteiger partial charge < -0.3 is 26.0 Å². The smallest absolute Gasteiger partial charge is 0.224 e. The molecule has 2 fully saturated rings. The molecule has 3 rings (SSSR count). The Hall–Kier alpha value is -1.55. The molecule has 8 nitrogen and oxygen atoms in total. The first kappa shape index (κ1) is 33.0. The van der Waals surface area contributed by atoms with E-state index in [-0.39, 0.29) is 36.8 Å². The third kappa shape index (κ3) is 11.4. The van der Waals surface area contributed by atoms with Gasteiger partial charge in [0.2, 0.25) is 11.8 Å². The van der Waals surface area contributed by atoms with Crippen LogP contribution in [0.5, 0.6) is 0 Å². The Bertz CT molecular complexity index is 855. The maximum Gasteiger partial charge on any atom is 0.224 e. The molecule has 0 unspecified atom stereocenters. The van der Waals surface area contributed by atoms with Crippen molar-refractivity contribution < 1.29 is 24.9 Å². The summed E-state index contributed by atoms with van der Waals surface area (Å²) in [6, 6.07) is -0.896. The fourth-order valence-electron chi connectivity index (χ4n) is 6.62. The van der Waals surface area contributed by atoms with Crippen LogP contribution < -0.4 is 10.6 Å². The fourth-order valence-corrected chi connectivity index (χ4v) is 7.19. The number of carbonyl (C=O) groups excluding carboxylic acids is 2. The van der Waals surface area contributed by atoms with Crippen LogP contribution in [0, 0.1) is 23.7 Å². The van der Waals surface area contributed by atoms with E-state index in [1.807, 2.05) is 19.2 Å². The van der Waals surface area contributed by atoms with E-state index in [1.54, 1.807) is 5.51 Å². The molecule has 0 aromatic carbocycles. The molecule has 0 spiro atoms. The number of hydrogen-bond acceptors (Lipinski definition) is 7. The highest BCUT2D eigenvalue weighted by atomic mass is 32.1. The number of amides is 2. The molecule has 0 saturated heterocycles. The van der Waals surface area contributed by atoms with Gasteiger partial charge in [0, 0.05) is 18.2 Å². The highest BCUT2D eigenvalue weighted by Crippen LogP contribution is 2.30. The minimum atomic E-state index is -1.07. The maximum absolute atomic E-state index is 13.7. The van der Waals surface area contributed by atoms with E-state index in [2.05, 4.69) is 15.6 Å². The van der Waals surface area contributed by atoms with Crippen molar-refractivity contribution in [3.8, 4) is 0 Å². The van der Waals surface area contributed by atoms with Gasteiger partial charge in [-0.2, -0.15) is 0 Å². The van der Waals surface area contributed by atoms with E-state index in [0.29, 0.717) is 31.1 Å². The normalized spacial score (nSPS) is 20.9. The Kier molecular flexibility index (Phi) is 14.4. The van der Waals surface area contributed by atoms with Crippen molar-refractivity contribution in [1.82, 2.24) is 15.6 Å². The number of thiazole rings is 1. The Morgan fingerprint density at radius 1 is 0.975 bits per heavy atom. The average molecular weight is 580 g/mol. The highest BCUT2D eigenvalue weighted by molar-refractivity contribution is 7.07. The molecular formula is C31H53N3O5S. The Morgan fingerprint density at radius 3 is 2.15 bits per heavy atom. The summed E-state index contributed by atoms with van der Waals surface area (Å²) in [6.45, 7) is 3.89. The lowest BCUT2D eigenvalue weighted by molar-refractivity contribution is -0.132. The monoisotopic (exact) mass is 579 g/mol. The van der Waals surface area contributed by atoms with Gasteiger partial charge in [-0.05, 0) is 37.0 Å². The summed E-state index contributed by atoms with van der Waals surface area (Å²) in [5.74, 6) is -0.101. The van der Waals surface area contributed by atoms with Crippen LogP contribution in [0.2, 0.25) is 0 Å². The largest absolute Gasteiger partial charge is 0.394 e. The molecule has 40 heavy (non-hydrogen) atoms. The molecule has 2 amide bonds. The quantitative estimate of drug-likeness (QED) is 0.198. The molecule has 9 heteroatoms. The molecule has 1 aromatic rings. The van der Waals surface area contributed by atoms with Gasteiger partial charge in [-0.25, -0.2) is 4.98 Å². The molecule has 1 aromatic heterocycles. The predicted molar refractivity (Wildman–Crippen MR) is 159 cm³/mol. The van der Waals surface area contributed by atoms with Gasteiger partial charge in [0.15, 0.2) is 0 Å². The second-order valence-electron chi connectivity index (χ2n) is 12.8. The first-order valence-electron chi connectivity index (χ1n) is 15.7. The third-order valence-corrected chi connectivity index (χ3v) is 9.46. The Morgan fingerprint density at radius 2 is 1.60 bits per heavy atom. The van der Waals surface area contributed by atoms with E-state index < -0.39 is 24.2 Å². The average Bonchev–Trinajstić information content (AvgIpc) is 3.45. The van der Waals surface area contributed by atoms with Gasteiger partial charge in [0.05, 0.1) is 41.9 Å². The minimum absolute atomic E-state index is 0.0225. The zero-order chi connectivity index (χ0) is 28.9. The molecule has 2 aliphatic carbocycles. The van der Waals surface area contributed by atoms with E-state index in [4.69, 9.17) is 0 Å². The maximum atomic E-state index is 13.7. The number of hydrogen-bond donors (Lipinski definition) is 5. The predicted octanol–water partition coefficient (Wildman–Crippen LogP) is 4.36. The highest BCUT2D eigenvalue weighted by Gasteiger charge is 2.34. The van der Waals surface area contributed by atoms with Crippen molar-refractivity contribution in [3.05, 3.63) is 16.6 Å². The number of aliphatic hydroxyl groups is 3.